The van der Waals surface area contributed by atoms with Gasteiger partial charge in [0.15, 0.2) is 0 Å². The van der Waals surface area contributed by atoms with Crippen LogP contribution in [0.5, 0.6) is 0 Å². The van der Waals surface area contributed by atoms with Crippen molar-refractivity contribution in [2.24, 2.45) is 0 Å². The maximum Gasteiger partial charge on any atom is 0.223 e. The number of aryl methyl sites for hydroxylation is 1. The van der Waals surface area contributed by atoms with Crippen molar-refractivity contribution in [3.05, 3.63) is 34.5 Å². The van der Waals surface area contributed by atoms with Gasteiger partial charge in [-0.2, -0.15) is 0 Å². The van der Waals surface area contributed by atoms with Gasteiger partial charge in [0.1, 0.15) is 0 Å². The van der Waals surface area contributed by atoms with E-state index < -0.39 is 0 Å². The Kier molecular flexibility index (Phi) is 4.69. The molecule has 4 heteroatoms. The second-order valence-electron chi connectivity index (χ2n) is 6.70. The number of nitrogens with zero attached hydrogens (tertiary/aromatic N) is 2. The first kappa shape index (κ1) is 15.8. The highest BCUT2D eigenvalue weighted by atomic mass is 32.1. The van der Waals surface area contributed by atoms with E-state index in [0.29, 0.717) is 18.9 Å². The van der Waals surface area contributed by atoms with E-state index in [1.807, 2.05) is 17.4 Å². The van der Waals surface area contributed by atoms with Crippen LogP contribution in [0.25, 0.3) is 0 Å². The summed E-state index contributed by atoms with van der Waals surface area (Å²) in [5.41, 5.74) is 0.0497. The van der Waals surface area contributed by atoms with Gasteiger partial charge < -0.3 is 4.90 Å². The quantitative estimate of drug-likeness (QED) is 0.792. The van der Waals surface area contributed by atoms with Crippen LogP contribution in [-0.4, -0.2) is 40.9 Å². The van der Waals surface area contributed by atoms with Crippen molar-refractivity contribution in [2.75, 3.05) is 19.6 Å². The molecule has 2 fully saturated rings. The molecule has 0 bridgehead atoms. The van der Waals surface area contributed by atoms with Gasteiger partial charge in [-0.3, -0.25) is 9.69 Å². The largest absolute Gasteiger partial charge is 0.332 e. The fourth-order valence-electron chi connectivity index (χ4n) is 4.08. The third-order valence-electron chi connectivity index (χ3n) is 5.03. The van der Waals surface area contributed by atoms with E-state index in [-0.39, 0.29) is 5.54 Å². The Balaban J connectivity index is 1.74. The van der Waals surface area contributed by atoms with Gasteiger partial charge in [0.05, 0.1) is 5.54 Å². The van der Waals surface area contributed by atoms with Crippen molar-refractivity contribution in [3.8, 4) is 0 Å². The highest BCUT2D eigenvalue weighted by Crippen LogP contribution is 2.37. The molecule has 1 spiro atoms. The zero-order valence-corrected chi connectivity index (χ0v) is 14.3. The normalized spacial score (nSPS) is 26.6. The first-order chi connectivity index (χ1) is 10.6. The molecular weight excluding hydrogens is 292 g/mol. The van der Waals surface area contributed by atoms with Crippen LogP contribution in [-0.2, 0) is 11.3 Å². The fourth-order valence-corrected chi connectivity index (χ4v) is 5.02. The van der Waals surface area contributed by atoms with E-state index in [0.717, 1.165) is 38.9 Å². The number of carbonyl (C=O) groups is 1. The molecule has 1 atom stereocenters. The minimum absolute atomic E-state index is 0.0497. The summed E-state index contributed by atoms with van der Waals surface area (Å²) in [7, 11) is 0. The van der Waals surface area contributed by atoms with E-state index in [1.165, 1.54) is 16.2 Å². The van der Waals surface area contributed by atoms with Crippen LogP contribution < -0.4 is 0 Å². The molecule has 1 aromatic rings. The minimum Gasteiger partial charge on any atom is -0.332 e. The zero-order valence-electron chi connectivity index (χ0n) is 13.5. The molecular formula is C18H26N2OS. The Bertz CT molecular complexity index is 549. The van der Waals surface area contributed by atoms with Crippen LogP contribution in [0.1, 0.15) is 41.9 Å². The third kappa shape index (κ3) is 3.13. The summed E-state index contributed by atoms with van der Waals surface area (Å²) in [6.07, 6.45) is 7.11. The predicted molar refractivity (Wildman–Crippen MR) is 92.1 cm³/mol. The monoisotopic (exact) mass is 318 g/mol. The predicted octanol–water partition coefficient (Wildman–Crippen LogP) is 3.59. The lowest BCUT2D eigenvalue weighted by Gasteiger charge is -2.52. The van der Waals surface area contributed by atoms with E-state index >= 15 is 0 Å². The van der Waals surface area contributed by atoms with E-state index in [2.05, 4.69) is 35.4 Å². The molecule has 0 radical (unpaired) electrons. The van der Waals surface area contributed by atoms with Crippen molar-refractivity contribution in [1.82, 2.24) is 9.80 Å². The lowest BCUT2D eigenvalue weighted by atomic mass is 9.79. The van der Waals surface area contributed by atoms with Crippen molar-refractivity contribution < 1.29 is 4.79 Å². The Labute approximate surface area is 137 Å². The van der Waals surface area contributed by atoms with Crippen LogP contribution in [0.15, 0.2) is 24.8 Å². The van der Waals surface area contributed by atoms with Crippen LogP contribution in [0, 0.1) is 6.92 Å². The van der Waals surface area contributed by atoms with Crippen LogP contribution in [0.2, 0.25) is 0 Å². The second-order valence-corrected chi connectivity index (χ2v) is 8.07. The van der Waals surface area contributed by atoms with Gasteiger partial charge in [-0.1, -0.05) is 6.08 Å². The molecule has 1 amide bonds. The van der Waals surface area contributed by atoms with E-state index in [1.54, 1.807) is 0 Å². The van der Waals surface area contributed by atoms with E-state index in [4.69, 9.17) is 0 Å². The van der Waals surface area contributed by atoms with Gasteiger partial charge in [-0.15, -0.1) is 17.9 Å². The second kappa shape index (κ2) is 6.55. The number of hydrogen-bond acceptors (Lipinski definition) is 3. The average Bonchev–Trinajstić information content (AvgIpc) is 2.89. The van der Waals surface area contributed by atoms with Gasteiger partial charge in [-0.05, 0) is 51.3 Å². The highest BCUT2D eigenvalue weighted by Gasteiger charge is 2.44. The average molecular weight is 318 g/mol. The summed E-state index contributed by atoms with van der Waals surface area (Å²) in [5.74, 6) is 0.319. The number of hydrogen-bond donors (Lipinski definition) is 0. The SMILES string of the molecule is C=CCN1C(=O)CCCC12CCCN(Cc1ccc(C)s1)C2. The smallest absolute Gasteiger partial charge is 0.223 e. The van der Waals surface area contributed by atoms with Crippen molar-refractivity contribution in [3.63, 3.8) is 0 Å². The van der Waals surface area contributed by atoms with Crippen LogP contribution >= 0.6 is 11.3 Å². The molecule has 3 nitrogen and oxygen atoms in total. The summed E-state index contributed by atoms with van der Waals surface area (Å²) in [5, 5.41) is 0. The molecule has 0 aromatic carbocycles. The molecule has 0 aliphatic carbocycles. The van der Waals surface area contributed by atoms with Gasteiger partial charge >= 0.3 is 0 Å². The van der Waals surface area contributed by atoms with Gasteiger partial charge in [0.25, 0.3) is 0 Å². The molecule has 0 saturated carbocycles. The molecule has 2 aliphatic rings. The molecule has 2 aliphatic heterocycles. The summed E-state index contributed by atoms with van der Waals surface area (Å²) < 4.78 is 0. The van der Waals surface area contributed by atoms with Gasteiger partial charge in [0, 0.05) is 35.8 Å². The standard InChI is InChI=1S/C18H26N2OS/c1-3-11-20-17(21)6-4-9-18(20)10-5-12-19(14-18)13-16-8-7-15(2)22-16/h3,7-8H,1,4-6,9-14H2,2H3. The maximum atomic E-state index is 12.4. The number of rotatable bonds is 4. The summed E-state index contributed by atoms with van der Waals surface area (Å²) in [6, 6.07) is 4.45. The molecule has 3 rings (SSSR count). The molecule has 22 heavy (non-hydrogen) atoms. The summed E-state index contributed by atoms with van der Waals surface area (Å²) in [6.45, 7) is 9.90. The third-order valence-corrected chi connectivity index (χ3v) is 6.01. The van der Waals surface area contributed by atoms with Crippen LogP contribution in [0.4, 0.5) is 0 Å². The summed E-state index contributed by atoms with van der Waals surface area (Å²) >= 11 is 1.89. The van der Waals surface area contributed by atoms with Crippen molar-refractivity contribution in [2.45, 2.75) is 51.1 Å². The van der Waals surface area contributed by atoms with Crippen molar-refractivity contribution >= 4 is 17.2 Å². The van der Waals surface area contributed by atoms with Gasteiger partial charge in [-0.25, -0.2) is 0 Å². The number of piperidine rings is 2. The molecule has 120 valence electrons. The Hall–Kier alpha value is -1.13. The molecule has 1 aromatic heterocycles. The molecule has 3 heterocycles. The van der Waals surface area contributed by atoms with Crippen molar-refractivity contribution in [1.29, 1.82) is 0 Å². The first-order valence-electron chi connectivity index (χ1n) is 8.32. The van der Waals surface area contributed by atoms with E-state index in [9.17, 15) is 4.79 Å². The lowest BCUT2D eigenvalue weighted by molar-refractivity contribution is -0.144. The number of likely N-dealkylation sites (tertiary alicyclic amines) is 2. The number of amides is 1. The number of carbonyl (C=O) groups excluding carboxylic acids is 1. The first-order valence-corrected chi connectivity index (χ1v) is 9.14. The number of thiophene rings is 1. The summed E-state index contributed by atoms with van der Waals surface area (Å²) in [4.78, 5) is 19.9. The topological polar surface area (TPSA) is 23.6 Å². The molecule has 1 unspecified atom stereocenters. The Morgan fingerprint density at radius 3 is 2.91 bits per heavy atom. The van der Waals surface area contributed by atoms with Crippen LogP contribution in [0.3, 0.4) is 0 Å². The Morgan fingerprint density at radius 2 is 2.18 bits per heavy atom. The lowest BCUT2D eigenvalue weighted by Crippen LogP contribution is -2.62. The fraction of sp³-hybridized carbons (Fsp3) is 0.611. The Morgan fingerprint density at radius 1 is 1.36 bits per heavy atom. The maximum absolute atomic E-state index is 12.4. The molecule has 0 N–H and O–H groups in total. The highest BCUT2D eigenvalue weighted by molar-refractivity contribution is 7.11. The zero-order chi connectivity index (χ0) is 15.6. The minimum atomic E-state index is 0.0497. The van der Waals surface area contributed by atoms with Gasteiger partial charge in [0.2, 0.25) is 5.91 Å². The molecule has 2 saturated heterocycles.